The van der Waals surface area contributed by atoms with Crippen molar-refractivity contribution in [1.29, 1.82) is 0 Å². The number of rotatable bonds is 3. The van der Waals surface area contributed by atoms with Gasteiger partial charge in [-0.2, -0.15) is 0 Å². The summed E-state index contributed by atoms with van der Waals surface area (Å²) in [7, 11) is 0. The van der Waals surface area contributed by atoms with Gasteiger partial charge in [-0.3, -0.25) is 0 Å². The van der Waals surface area contributed by atoms with Crippen LogP contribution < -0.4 is 10.2 Å². The second-order valence-electron chi connectivity index (χ2n) is 5.52. The van der Waals surface area contributed by atoms with Crippen molar-refractivity contribution in [2.75, 3.05) is 24.5 Å². The average molecular weight is 246 g/mol. The first-order valence-electron chi connectivity index (χ1n) is 7.26. The summed E-state index contributed by atoms with van der Waals surface area (Å²) in [4.78, 5) is 2.55. The van der Waals surface area contributed by atoms with Crippen molar-refractivity contribution in [2.45, 2.75) is 45.6 Å². The Bertz CT molecular complexity index is 365. The Morgan fingerprint density at radius 2 is 1.83 bits per heavy atom. The maximum Gasteiger partial charge on any atom is 0.0367 e. The van der Waals surface area contributed by atoms with Crippen LogP contribution in [0.25, 0.3) is 0 Å². The van der Waals surface area contributed by atoms with E-state index < -0.39 is 0 Å². The number of anilines is 1. The Labute approximate surface area is 111 Å². The van der Waals surface area contributed by atoms with Crippen molar-refractivity contribution in [3.8, 4) is 0 Å². The van der Waals surface area contributed by atoms with Crippen molar-refractivity contribution >= 4 is 5.69 Å². The van der Waals surface area contributed by atoms with E-state index in [1.54, 1.807) is 0 Å². The van der Waals surface area contributed by atoms with Crippen LogP contribution in [0.3, 0.4) is 0 Å². The third-order valence-corrected chi connectivity index (χ3v) is 4.35. The molecule has 1 aromatic carbocycles. The lowest BCUT2D eigenvalue weighted by molar-refractivity contribution is 0.321. The van der Waals surface area contributed by atoms with Gasteiger partial charge < -0.3 is 10.2 Å². The second kappa shape index (κ2) is 5.75. The summed E-state index contributed by atoms with van der Waals surface area (Å²) in [5.41, 5.74) is 3.00. The molecular weight excluding hydrogens is 220 g/mol. The average Bonchev–Trinajstić information content (AvgIpc) is 2.63. The van der Waals surface area contributed by atoms with Crippen LogP contribution >= 0.6 is 0 Å². The minimum Gasteiger partial charge on any atom is -0.370 e. The minimum atomic E-state index is 0.293. The molecular formula is C16H26N2. The molecule has 0 aliphatic carbocycles. The van der Waals surface area contributed by atoms with Gasteiger partial charge in [0.05, 0.1) is 0 Å². The zero-order valence-corrected chi connectivity index (χ0v) is 12.0. The van der Waals surface area contributed by atoms with Crippen LogP contribution in [0.5, 0.6) is 0 Å². The van der Waals surface area contributed by atoms with Crippen molar-refractivity contribution in [2.24, 2.45) is 0 Å². The fraction of sp³-hybridized carbons (Fsp3) is 0.625. The molecule has 0 aromatic heterocycles. The number of benzene rings is 1. The fourth-order valence-corrected chi connectivity index (χ4v) is 2.82. The molecule has 1 heterocycles. The molecule has 1 N–H and O–H groups in total. The molecule has 0 radical (unpaired) electrons. The van der Waals surface area contributed by atoms with E-state index in [1.807, 2.05) is 0 Å². The maximum atomic E-state index is 3.76. The van der Waals surface area contributed by atoms with E-state index in [4.69, 9.17) is 0 Å². The molecule has 18 heavy (non-hydrogen) atoms. The molecule has 1 aliphatic heterocycles. The van der Waals surface area contributed by atoms with Crippen molar-refractivity contribution < 1.29 is 0 Å². The van der Waals surface area contributed by atoms with Crippen LogP contribution in [-0.2, 0) is 0 Å². The van der Waals surface area contributed by atoms with Gasteiger partial charge in [-0.05, 0) is 44.9 Å². The van der Waals surface area contributed by atoms with Gasteiger partial charge in [0.25, 0.3) is 0 Å². The van der Waals surface area contributed by atoms with Gasteiger partial charge in [-0.25, -0.2) is 0 Å². The summed E-state index contributed by atoms with van der Waals surface area (Å²) in [6, 6.07) is 8.95. The highest BCUT2D eigenvalue weighted by Crippen LogP contribution is 2.24. The quantitative estimate of drug-likeness (QED) is 0.880. The number of aryl methyl sites for hydroxylation is 1. The smallest absolute Gasteiger partial charge is 0.0367 e. The van der Waals surface area contributed by atoms with Crippen LogP contribution in [0.2, 0.25) is 0 Å². The topological polar surface area (TPSA) is 15.3 Å². The van der Waals surface area contributed by atoms with E-state index in [2.05, 4.69) is 55.3 Å². The third-order valence-electron chi connectivity index (χ3n) is 4.35. The first-order valence-corrected chi connectivity index (χ1v) is 7.26. The first kappa shape index (κ1) is 13.4. The van der Waals surface area contributed by atoms with Gasteiger partial charge in [-0.15, -0.1) is 0 Å². The maximum absolute atomic E-state index is 3.76. The van der Waals surface area contributed by atoms with E-state index in [0.29, 0.717) is 5.54 Å². The molecule has 2 nitrogen and oxygen atoms in total. The Morgan fingerprint density at radius 3 is 2.44 bits per heavy atom. The van der Waals surface area contributed by atoms with Gasteiger partial charge in [0.1, 0.15) is 0 Å². The monoisotopic (exact) mass is 246 g/mol. The third kappa shape index (κ3) is 2.86. The van der Waals surface area contributed by atoms with Gasteiger partial charge in [-0.1, -0.05) is 31.5 Å². The summed E-state index contributed by atoms with van der Waals surface area (Å²) in [5.74, 6) is 0. The zero-order chi connectivity index (χ0) is 13.0. The van der Waals surface area contributed by atoms with Crippen LogP contribution in [-0.4, -0.2) is 25.2 Å². The SMILES string of the molecule is CCC1(CC)CN(c2ccc(C)cc2)CCCN1. The van der Waals surface area contributed by atoms with Crippen LogP contribution in [0.1, 0.15) is 38.7 Å². The molecule has 0 atom stereocenters. The second-order valence-corrected chi connectivity index (χ2v) is 5.52. The summed E-state index contributed by atoms with van der Waals surface area (Å²) < 4.78 is 0. The van der Waals surface area contributed by atoms with E-state index in [9.17, 15) is 0 Å². The van der Waals surface area contributed by atoms with Gasteiger partial charge in [0, 0.05) is 24.3 Å². The molecule has 0 amide bonds. The Kier molecular flexibility index (Phi) is 4.28. The molecule has 0 unspecified atom stereocenters. The van der Waals surface area contributed by atoms with Crippen molar-refractivity contribution in [1.82, 2.24) is 5.32 Å². The largest absolute Gasteiger partial charge is 0.370 e. The van der Waals surface area contributed by atoms with Crippen LogP contribution in [0.4, 0.5) is 5.69 Å². The van der Waals surface area contributed by atoms with E-state index in [0.717, 1.165) is 19.6 Å². The highest BCUT2D eigenvalue weighted by molar-refractivity contribution is 5.48. The minimum absolute atomic E-state index is 0.293. The Balaban J connectivity index is 2.19. The summed E-state index contributed by atoms with van der Waals surface area (Å²) in [6.45, 7) is 10.2. The molecule has 2 heteroatoms. The van der Waals surface area contributed by atoms with Crippen molar-refractivity contribution in [3.05, 3.63) is 29.8 Å². The highest BCUT2D eigenvalue weighted by atomic mass is 15.2. The predicted octanol–water partition coefficient (Wildman–Crippen LogP) is 3.35. The molecule has 1 aromatic rings. The number of nitrogens with zero attached hydrogens (tertiary/aromatic N) is 1. The first-order chi connectivity index (χ1) is 8.69. The Morgan fingerprint density at radius 1 is 1.17 bits per heavy atom. The Hall–Kier alpha value is -1.02. The predicted molar refractivity (Wildman–Crippen MR) is 79.3 cm³/mol. The standard InChI is InChI=1S/C16H26N2/c1-4-16(5-2)13-18(12-6-11-17-16)15-9-7-14(3)8-10-15/h7-10,17H,4-6,11-13H2,1-3H3. The number of hydrogen-bond acceptors (Lipinski definition) is 2. The lowest BCUT2D eigenvalue weighted by atomic mass is 9.92. The lowest BCUT2D eigenvalue weighted by Gasteiger charge is -2.36. The van der Waals surface area contributed by atoms with E-state index in [1.165, 1.54) is 30.5 Å². The molecule has 1 aliphatic rings. The van der Waals surface area contributed by atoms with Gasteiger partial charge >= 0.3 is 0 Å². The number of nitrogens with one attached hydrogen (secondary N) is 1. The van der Waals surface area contributed by atoms with Gasteiger partial charge in [0.15, 0.2) is 0 Å². The molecule has 0 saturated carbocycles. The molecule has 1 saturated heterocycles. The lowest BCUT2D eigenvalue weighted by Crippen LogP contribution is -2.50. The highest BCUT2D eigenvalue weighted by Gasteiger charge is 2.30. The summed E-state index contributed by atoms with van der Waals surface area (Å²) in [5, 5.41) is 3.76. The van der Waals surface area contributed by atoms with E-state index >= 15 is 0 Å². The summed E-state index contributed by atoms with van der Waals surface area (Å²) >= 11 is 0. The molecule has 0 spiro atoms. The molecule has 100 valence electrons. The molecule has 2 rings (SSSR count). The van der Waals surface area contributed by atoms with Crippen LogP contribution in [0.15, 0.2) is 24.3 Å². The fourth-order valence-electron chi connectivity index (χ4n) is 2.82. The molecule has 1 fully saturated rings. The normalized spacial score (nSPS) is 19.6. The summed E-state index contributed by atoms with van der Waals surface area (Å²) in [6.07, 6.45) is 3.63. The van der Waals surface area contributed by atoms with Crippen LogP contribution in [0, 0.1) is 6.92 Å². The van der Waals surface area contributed by atoms with E-state index in [-0.39, 0.29) is 0 Å². The zero-order valence-electron chi connectivity index (χ0n) is 12.0. The van der Waals surface area contributed by atoms with Crippen molar-refractivity contribution in [3.63, 3.8) is 0 Å². The number of hydrogen-bond donors (Lipinski definition) is 1. The molecule has 0 bridgehead atoms. The van der Waals surface area contributed by atoms with Gasteiger partial charge in [0.2, 0.25) is 0 Å².